The molecule has 4 bridgehead atoms. The molecule has 0 aromatic heterocycles. The highest BCUT2D eigenvalue weighted by atomic mass is 19.3. The molecule has 7 heteroatoms. The van der Waals surface area contributed by atoms with Gasteiger partial charge in [0.25, 0.3) is 0 Å². The van der Waals surface area contributed by atoms with E-state index in [-0.39, 0.29) is 36.1 Å². The third kappa shape index (κ3) is 3.98. The Balaban J connectivity index is 1.28. The average molecular weight is 392 g/mol. The fourth-order valence-electron chi connectivity index (χ4n) is 5.85. The van der Waals surface area contributed by atoms with Crippen molar-refractivity contribution in [3.05, 3.63) is 29.8 Å². The fourth-order valence-corrected chi connectivity index (χ4v) is 5.85. The van der Waals surface area contributed by atoms with Gasteiger partial charge in [-0.25, -0.2) is 0 Å². The van der Waals surface area contributed by atoms with E-state index in [0.29, 0.717) is 23.3 Å². The van der Waals surface area contributed by atoms with Gasteiger partial charge < -0.3 is 15.4 Å². The summed E-state index contributed by atoms with van der Waals surface area (Å²) >= 11 is 0. The molecule has 0 atom stereocenters. The standard InChI is InChI=1S/C21H26F2N2O3/c22-20(23)28-17-4-2-1-3-16(17)11-24-18(26)12-25-19(27)21-8-13-5-14(9-21)7-15(6-13)10-21/h1-4,13-15,20H,5-12H2,(H,24,26)(H,25,27). The highest BCUT2D eigenvalue weighted by Gasteiger charge is 2.54. The van der Waals surface area contributed by atoms with E-state index in [1.165, 1.54) is 25.3 Å². The van der Waals surface area contributed by atoms with Crippen LogP contribution < -0.4 is 15.4 Å². The lowest BCUT2D eigenvalue weighted by molar-refractivity contribution is -0.147. The van der Waals surface area contributed by atoms with Gasteiger partial charge >= 0.3 is 6.61 Å². The maximum absolute atomic E-state index is 12.9. The van der Waals surface area contributed by atoms with Crippen LogP contribution >= 0.6 is 0 Å². The summed E-state index contributed by atoms with van der Waals surface area (Å²) in [6.07, 6.45) is 6.62. The van der Waals surface area contributed by atoms with Crippen LogP contribution in [0.1, 0.15) is 44.1 Å². The van der Waals surface area contributed by atoms with E-state index in [4.69, 9.17) is 0 Å². The zero-order valence-corrected chi connectivity index (χ0v) is 15.8. The number of carbonyl (C=O) groups is 2. The molecule has 4 saturated carbocycles. The van der Waals surface area contributed by atoms with E-state index < -0.39 is 6.61 Å². The number of alkyl halides is 2. The average Bonchev–Trinajstić information content (AvgIpc) is 2.64. The fraction of sp³-hybridized carbons (Fsp3) is 0.619. The van der Waals surface area contributed by atoms with Crippen molar-refractivity contribution in [1.29, 1.82) is 0 Å². The van der Waals surface area contributed by atoms with Gasteiger partial charge in [0.1, 0.15) is 5.75 Å². The molecule has 2 amide bonds. The van der Waals surface area contributed by atoms with E-state index in [1.54, 1.807) is 18.2 Å². The van der Waals surface area contributed by atoms with E-state index in [9.17, 15) is 18.4 Å². The van der Waals surface area contributed by atoms with Crippen LogP contribution in [-0.4, -0.2) is 25.0 Å². The summed E-state index contributed by atoms with van der Waals surface area (Å²) in [5, 5.41) is 5.48. The van der Waals surface area contributed by atoms with E-state index in [1.807, 2.05) is 0 Å². The highest BCUT2D eigenvalue weighted by molar-refractivity contribution is 5.88. The monoisotopic (exact) mass is 392 g/mol. The summed E-state index contributed by atoms with van der Waals surface area (Å²) in [7, 11) is 0. The molecule has 152 valence electrons. The summed E-state index contributed by atoms with van der Waals surface area (Å²) < 4.78 is 29.4. The predicted molar refractivity (Wildman–Crippen MR) is 98.5 cm³/mol. The Morgan fingerprint density at radius 3 is 2.25 bits per heavy atom. The van der Waals surface area contributed by atoms with E-state index in [2.05, 4.69) is 15.4 Å². The molecule has 0 unspecified atom stereocenters. The van der Waals surface area contributed by atoms with Gasteiger partial charge in [0.05, 0.1) is 6.54 Å². The first kappa shape index (κ1) is 19.2. The molecule has 0 radical (unpaired) electrons. The van der Waals surface area contributed by atoms with E-state index in [0.717, 1.165) is 19.3 Å². The molecule has 28 heavy (non-hydrogen) atoms. The zero-order valence-electron chi connectivity index (χ0n) is 15.8. The number of amides is 2. The SMILES string of the molecule is O=C(CNC(=O)C12CC3CC(CC(C3)C1)C2)NCc1ccccc1OC(F)F. The van der Waals surface area contributed by atoms with Crippen LogP contribution in [0.15, 0.2) is 24.3 Å². The minimum atomic E-state index is -2.92. The van der Waals surface area contributed by atoms with Crippen LogP contribution in [0, 0.1) is 23.2 Å². The predicted octanol–water partition coefficient (Wildman–Crippen LogP) is 3.24. The van der Waals surface area contributed by atoms with Crippen molar-refractivity contribution in [1.82, 2.24) is 10.6 Å². The Kier molecular flexibility index (Phi) is 5.25. The molecular weight excluding hydrogens is 366 g/mol. The molecule has 1 aromatic carbocycles. The van der Waals surface area contributed by atoms with Crippen LogP contribution in [0.5, 0.6) is 5.75 Å². The summed E-state index contributed by atoms with van der Waals surface area (Å²) in [6, 6.07) is 6.33. The molecule has 5 nitrogen and oxygen atoms in total. The van der Waals surface area contributed by atoms with Crippen LogP contribution in [0.25, 0.3) is 0 Å². The van der Waals surface area contributed by atoms with Crippen molar-refractivity contribution in [3.63, 3.8) is 0 Å². The number of hydrogen-bond donors (Lipinski definition) is 2. The van der Waals surface area contributed by atoms with Crippen LogP contribution in [0.2, 0.25) is 0 Å². The Bertz CT molecular complexity index is 718. The zero-order chi connectivity index (χ0) is 19.7. The third-order valence-corrected chi connectivity index (χ3v) is 6.59. The lowest BCUT2D eigenvalue weighted by Gasteiger charge is -2.55. The summed E-state index contributed by atoms with van der Waals surface area (Å²) in [6.45, 7) is -2.95. The maximum Gasteiger partial charge on any atom is 0.387 e. The number of rotatable bonds is 7. The second kappa shape index (κ2) is 7.68. The minimum Gasteiger partial charge on any atom is -0.434 e. The molecule has 0 heterocycles. The summed E-state index contributed by atoms with van der Waals surface area (Å²) in [5.41, 5.74) is 0.177. The van der Waals surface area contributed by atoms with Crippen molar-refractivity contribution < 1.29 is 23.1 Å². The largest absolute Gasteiger partial charge is 0.434 e. The molecule has 0 spiro atoms. The third-order valence-electron chi connectivity index (χ3n) is 6.59. The molecule has 0 aliphatic heterocycles. The lowest BCUT2D eigenvalue weighted by Crippen LogP contribution is -2.54. The van der Waals surface area contributed by atoms with Gasteiger partial charge in [-0.05, 0) is 62.3 Å². The second-order valence-electron chi connectivity index (χ2n) is 8.64. The Hall–Kier alpha value is -2.18. The topological polar surface area (TPSA) is 67.4 Å². The van der Waals surface area contributed by atoms with Crippen molar-refractivity contribution in [2.24, 2.45) is 23.2 Å². The van der Waals surface area contributed by atoms with E-state index >= 15 is 0 Å². The number of ether oxygens (including phenoxy) is 1. The Morgan fingerprint density at radius 1 is 1.04 bits per heavy atom. The van der Waals surface area contributed by atoms with Crippen LogP contribution in [0.3, 0.4) is 0 Å². The maximum atomic E-state index is 12.9. The molecule has 5 rings (SSSR count). The molecule has 4 aliphatic carbocycles. The number of benzene rings is 1. The molecule has 2 N–H and O–H groups in total. The van der Waals surface area contributed by atoms with Crippen LogP contribution in [-0.2, 0) is 16.1 Å². The van der Waals surface area contributed by atoms with Gasteiger partial charge in [-0.2, -0.15) is 8.78 Å². The molecule has 4 fully saturated rings. The van der Waals surface area contributed by atoms with Crippen molar-refractivity contribution in [2.45, 2.75) is 51.7 Å². The minimum absolute atomic E-state index is 0.00295. The smallest absolute Gasteiger partial charge is 0.387 e. The first-order valence-corrected chi connectivity index (χ1v) is 10.0. The van der Waals surface area contributed by atoms with Gasteiger partial charge in [0.2, 0.25) is 11.8 Å². The first-order chi connectivity index (χ1) is 13.4. The number of para-hydroxylation sites is 1. The highest BCUT2D eigenvalue weighted by Crippen LogP contribution is 2.60. The van der Waals surface area contributed by atoms with Crippen molar-refractivity contribution >= 4 is 11.8 Å². The van der Waals surface area contributed by atoms with Gasteiger partial charge in [-0.1, -0.05) is 18.2 Å². The molecule has 4 aliphatic rings. The van der Waals surface area contributed by atoms with Gasteiger partial charge in [0.15, 0.2) is 0 Å². The number of carbonyl (C=O) groups excluding carboxylic acids is 2. The molecule has 0 saturated heterocycles. The molecular formula is C21H26F2N2O3. The Morgan fingerprint density at radius 2 is 1.64 bits per heavy atom. The number of nitrogens with one attached hydrogen (secondary N) is 2. The quantitative estimate of drug-likeness (QED) is 0.749. The summed E-state index contributed by atoms with van der Waals surface area (Å²) in [5.74, 6) is 1.69. The first-order valence-electron chi connectivity index (χ1n) is 10.0. The van der Waals surface area contributed by atoms with Gasteiger partial charge in [0, 0.05) is 17.5 Å². The van der Waals surface area contributed by atoms with Crippen molar-refractivity contribution in [2.75, 3.05) is 6.54 Å². The normalized spacial score (nSPS) is 30.3. The van der Waals surface area contributed by atoms with Gasteiger partial charge in [-0.3, -0.25) is 9.59 Å². The van der Waals surface area contributed by atoms with Crippen molar-refractivity contribution in [3.8, 4) is 5.75 Å². The van der Waals surface area contributed by atoms with Crippen LogP contribution in [0.4, 0.5) is 8.78 Å². The number of hydrogen-bond acceptors (Lipinski definition) is 3. The number of halogens is 2. The lowest BCUT2D eigenvalue weighted by atomic mass is 9.49. The summed E-state index contributed by atoms with van der Waals surface area (Å²) in [4.78, 5) is 25.0. The molecule has 1 aromatic rings. The van der Waals surface area contributed by atoms with Gasteiger partial charge in [-0.15, -0.1) is 0 Å². The Labute approximate surface area is 163 Å². The second-order valence-corrected chi connectivity index (χ2v) is 8.64.